The van der Waals surface area contributed by atoms with Crippen LogP contribution in [0.25, 0.3) is 0 Å². The molecular weight excluding hydrogens is 270 g/mol. The molecule has 1 aliphatic heterocycles. The van der Waals surface area contributed by atoms with Crippen LogP contribution in [0.2, 0.25) is 0 Å². The van der Waals surface area contributed by atoms with Crippen LogP contribution in [-0.2, 0) is 16.0 Å². The first-order chi connectivity index (χ1) is 10.2. The summed E-state index contributed by atoms with van der Waals surface area (Å²) in [6, 6.07) is 1.85. The zero-order chi connectivity index (χ0) is 15.1. The third kappa shape index (κ3) is 4.56. The van der Waals surface area contributed by atoms with E-state index in [9.17, 15) is 4.79 Å². The van der Waals surface area contributed by atoms with Gasteiger partial charge < -0.3 is 20.3 Å². The Morgan fingerprint density at radius 1 is 1.33 bits per heavy atom. The van der Waals surface area contributed by atoms with Gasteiger partial charge in [0.05, 0.1) is 13.2 Å². The number of hydrogen-bond donors (Lipinski definition) is 2. The number of rotatable bonds is 6. The van der Waals surface area contributed by atoms with Crippen molar-refractivity contribution in [3.8, 4) is 0 Å². The summed E-state index contributed by atoms with van der Waals surface area (Å²) in [5, 5.41) is 6.21. The number of nitrogens with zero attached hydrogens (tertiary/aromatic N) is 3. The molecule has 1 aromatic rings. The number of aromatic nitrogens is 2. The molecular formula is C14H23N5O2. The fourth-order valence-corrected chi connectivity index (χ4v) is 2.14. The van der Waals surface area contributed by atoms with Crippen molar-refractivity contribution in [1.82, 2.24) is 14.9 Å². The van der Waals surface area contributed by atoms with Crippen molar-refractivity contribution in [3.63, 3.8) is 0 Å². The van der Waals surface area contributed by atoms with Crippen molar-refractivity contribution in [2.24, 2.45) is 0 Å². The van der Waals surface area contributed by atoms with Gasteiger partial charge in [-0.1, -0.05) is 6.92 Å². The molecule has 7 heteroatoms. The number of carbonyl (C=O) groups excluding carboxylic acids is 1. The Morgan fingerprint density at radius 2 is 2.05 bits per heavy atom. The molecule has 7 nitrogen and oxygen atoms in total. The summed E-state index contributed by atoms with van der Waals surface area (Å²) in [7, 11) is 1.83. The maximum absolute atomic E-state index is 12.0. The molecule has 2 heterocycles. The Morgan fingerprint density at radius 3 is 2.71 bits per heavy atom. The highest BCUT2D eigenvalue weighted by molar-refractivity contribution is 5.76. The van der Waals surface area contributed by atoms with Gasteiger partial charge in [0.1, 0.15) is 17.5 Å². The number of aryl methyl sites for hydroxylation is 1. The monoisotopic (exact) mass is 293 g/mol. The molecule has 0 aromatic carbocycles. The minimum Gasteiger partial charge on any atom is -0.378 e. The molecule has 0 unspecified atom stereocenters. The maximum Gasteiger partial charge on any atom is 0.224 e. The fourth-order valence-electron chi connectivity index (χ4n) is 2.14. The van der Waals surface area contributed by atoms with Gasteiger partial charge in [0.15, 0.2) is 0 Å². The number of hydrogen-bond acceptors (Lipinski definition) is 6. The predicted molar refractivity (Wildman–Crippen MR) is 81.5 cm³/mol. The lowest BCUT2D eigenvalue weighted by Gasteiger charge is -2.26. The molecule has 1 saturated heterocycles. The third-order valence-electron chi connectivity index (χ3n) is 3.35. The third-order valence-corrected chi connectivity index (χ3v) is 3.35. The lowest BCUT2D eigenvalue weighted by atomic mass is 10.3. The Bertz CT molecular complexity index is 452. The minimum absolute atomic E-state index is 0.157. The Labute approximate surface area is 125 Å². The molecule has 0 radical (unpaired) electrons. The molecule has 0 spiro atoms. The van der Waals surface area contributed by atoms with Gasteiger partial charge in [0.25, 0.3) is 0 Å². The Kier molecular flexibility index (Phi) is 5.74. The van der Waals surface area contributed by atoms with E-state index in [1.807, 2.05) is 24.9 Å². The molecule has 1 aromatic heterocycles. The quantitative estimate of drug-likeness (QED) is 0.805. The topological polar surface area (TPSA) is 79.4 Å². The van der Waals surface area contributed by atoms with E-state index in [1.54, 1.807) is 0 Å². The number of amides is 1. The summed E-state index contributed by atoms with van der Waals surface area (Å²) in [6.07, 6.45) is 1.23. The number of nitrogens with one attached hydrogen (secondary N) is 2. The van der Waals surface area contributed by atoms with Crippen LogP contribution < -0.4 is 10.6 Å². The summed E-state index contributed by atoms with van der Waals surface area (Å²) in [6.45, 7) is 5.24. The second kappa shape index (κ2) is 7.78. The van der Waals surface area contributed by atoms with Gasteiger partial charge in [0.2, 0.25) is 5.91 Å². The number of anilines is 2. The maximum atomic E-state index is 12.0. The number of carbonyl (C=O) groups is 1. The fraction of sp³-hybridized carbons (Fsp3) is 0.643. The van der Waals surface area contributed by atoms with E-state index in [-0.39, 0.29) is 5.91 Å². The molecule has 1 fully saturated rings. The van der Waals surface area contributed by atoms with Crippen molar-refractivity contribution in [2.75, 3.05) is 50.5 Å². The van der Waals surface area contributed by atoms with Crippen molar-refractivity contribution in [3.05, 3.63) is 11.9 Å². The molecule has 1 aliphatic rings. The van der Waals surface area contributed by atoms with Gasteiger partial charge >= 0.3 is 0 Å². The average Bonchev–Trinajstić information content (AvgIpc) is 2.55. The van der Waals surface area contributed by atoms with E-state index in [2.05, 4.69) is 20.6 Å². The second-order valence-electron chi connectivity index (χ2n) is 4.83. The summed E-state index contributed by atoms with van der Waals surface area (Å²) in [5.74, 6) is 2.47. The number of morpholine rings is 1. The van der Waals surface area contributed by atoms with Crippen LogP contribution in [0.5, 0.6) is 0 Å². The molecule has 2 rings (SSSR count). The van der Waals surface area contributed by atoms with E-state index < -0.39 is 0 Å². The van der Waals surface area contributed by atoms with Gasteiger partial charge in [-0.05, 0) is 0 Å². The van der Waals surface area contributed by atoms with Crippen molar-refractivity contribution in [1.29, 1.82) is 0 Å². The van der Waals surface area contributed by atoms with E-state index in [0.29, 0.717) is 39.3 Å². The Balaban J connectivity index is 1.83. The van der Waals surface area contributed by atoms with Gasteiger partial charge in [-0.25, -0.2) is 9.97 Å². The van der Waals surface area contributed by atoms with Crippen molar-refractivity contribution < 1.29 is 9.53 Å². The van der Waals surface area contributed by atoms with Crippen LogP contribution in [0, 0.1) is 0 Å². The Hall–Kier alpha value is -1.89. The van der Waals surface area contributed by atoms with Crippen LogP contribution in [0.4, 0.5) is 11.6 Å². The summed E-state index contributed by atoms with van der Waals surface area (Å²) in [4.78, 5) is 22.6. The standard InChI is InChI=1S/C14H23N5O2/c1-3-11-17-12(15-2)10-13(18-11)16-5-4-14(20)19-6-8-21-9-7-19/h10H,3-9H2,1-2H3,(H2,15,16,17,18). The summed E-state index contributed by atoms with van der Waals surface area (Å²) in [5.41, 5.74) is 0. The van der Waals surface area contributed by atoms with Gasteiger partial charge in [-0.15, -0.1) is 0 Å². The lowest BCUT2D eigenvalue weighted by molar-refractivity contribution is -0.134. The van der Waals surface area contributed by atoms with Crippen LogP contribution in [0.3, 0.4) is 0 Å². The first kappa shape index (κ1) is 15.5. The second-order valence-corrected chi connectivity index (χ2v) is 4.83. The van der Waals surface area contributed by atoms with Gasteiger partial charge in [-0.2, -0.15) is 0 Å². The molecule has 0 bridgehead atoms. The number of ether oxygens (including phenoxy) is 1. The molecule has 0 aliphatic carbocycles. The van der Waals surface area contributed by atoms with Crippen LogP contribution in [0.15, 0.2) is 6.07 Å². The average molecular weight is 293 g/mol. The smallest absolute Gasteiger partial charge is 0.224 e. The molecule has 1 amide bonds. The van der Waals surface area contributed by atoms with Gasteiger partial charge in [-0.3, -0.25) is 4.79 Å². The zero-order valence-corrected chi connectivity index (χ0v) is 12.7. The van der Waals surface area contributed by atoms with Crippen LogP contribution in [0.1, 0.15) is 19.2 Å². The molecule has 2 N–H and O–H groups in total. The minimum atomic E-state index is 0.157. The summed E-state index contributed by atoms with van der Waals surface area (Å²) < 4.78 is 5.24. The lowest BCUT2D eigenvalue weighted by Crippen LogP contribution is -2.41. The molecule has 0 atom stereocenters. The molecule has 21 heavy (non-hydrogen) atoms. The normalized spacial score (nSPS) is 14.9. The van der Waals surface area contributed by atoms with Crippen LogP contribution in [-0.4, -0.2) is 60.7 Å². The van der Waals surface area contributed by atoms with Crippen molar-refractivity contribution in [2.45, 2.75) is 19.8 Å². The first-order valence-electron chi connectivity index (χ1n) is 7.38. The van der Waals surface area contributed by atoms with E-state index >= 15 is 0 Å². The van der Waals surface area contributed by atoms with E-state index in [4.69, 9.17) is 4.74 Å². The first-order valence-corrected chi connectivity index (χ1v) is 7.38. The summed E-state index contributed by atoms with van der Waals surface area (Å²) >= 11 is 0. The highest BCUT2D eigenvalue weighted by atomic mass is 16.5. The molecule has 116 valence electrons. The van der Waals surface area contributed by atoms with E-state index in [1.165, 1.54) is 0 Å². The predicted octanol–water partition coefficient (Wildman–Crippen LogP) is 0.741. The highest BCUT2D eigenvalue weighted by Gasteiger charge is 2.16. The SMILES string of the molecule is CCc1nc(NC)cc(NCCC(=O)N2CCOCC2)n1. The van der Waals surface area contributed by atoms with E-state index in [0.717, 1.165) is 23.9 Å². The largest absolute Gasteiger partial charge is 0.378 e. The van der Waals surface area contributed by atoms with Crippen LogP contribution >= 0.6 is 0 Å². The van der Waals surface area contributed by atoms with Gasteiger partial charge in [0, 0.05) is 45.6 Å². The van der Waals surface area contributed by atoms with Crippen molar-refractivity contribution >= 4 is 17.5 Å². The molecule has 0 saturated carbocycles. The zero-order valence-electron chi connectivity index (χ0n) is 12.7. The highest BCUT2D eigenvalue weighted by Crippen LogP contribution is 2.11.